The normalized spacial score (nSPS) is 13.7. The van der Waals surface area contributed by atoms with Gasteiger partial charge in [-0.15, -0.1) is 0 Å². The van der Waals surface area contributed by atoms with E-state index < -0.39 is 11.7 Å². The van der Waals surface area contributed by atoms with Crippen LogP contribution >= 0.6 is 0 Å². The van der Waals surface area contributed by atoms with Gasteiger partial charge in [0, 0.05) is 12.6 Å². The van der Waals surface area contributed by atoms with Crippen molar-refractivity contribution >= 4 is 0 Å². The SMILES string of the molecule is CCC(CO)NCc1ccc(C(F)(F)F)cc1. The fourth-order valence-corrected chi connectivity index (χ4v) is 1.41. The molecule has 0 aliphatic rings. The Hall–Kier alpha value is -1.07. The van der Waals surface area contributed by atoms with Crippen molar-refractivity contribution in [3.05, 3.63) is 35.4 Å². The van der Waals surface area contributed by atoms with E-state index in [-0.39, 0.29) is 12.6 Å². The van der Waals surface area contributed by atoms with E-state index in [0.717, 1.165) is 24.1 Å². The molecule has 1 aromatic rings. The van der Waals surface area contributed by atoms with Gasteiger partial charge in [-0.3, -0.25) is 0 Å². The maximum absolute atomic E-state index is 12.3. The monoisotopic (exact) mass is 247 g/mol. The Morgan fingerprint density at radius 3 is 2.24 bits per heavy atom. The number of aliphatic hydroxyl groups is 1. The van der Waals surface area contributed by atoms with Crippen molar-refractivity contribution < 1.29 is 18.3 Å². The maximum atomic E-state index is 12.3. The molecule has 0 radical (unpaired) electrons. The van der Waals surface area contributed by atoms with E-state index in [2.05, 4.69) is 5.32 Å². The summed E-state index contributed by atoms with van der Waals surface area (Å²) in [7, 11) is 0. The highest BCUT2D eigenvalue weighted by atomic mass is 19.4. The zero-order valence-electron chi connectivity index (χ0n) is 9.59. The molecule has 0 aliphatic heterocycles. The molecule has 0 bridgehead atoms. The summed E-state index contributed by atoms with van der Waals surface area (Å²) in [4.78, 5) is 0. The van der Waals surface area contributed by atoms with Crippen molar-refractivity contribution in [2.24, 2.45) is 0 Å². The number of hydrogen-bond donors (Lipinski definition) is 2. The van der Waals surface area contributed by atoms with Gasteiger partial charge in [0.05, 0.1) is 12.2 Å². The van der Waals surface area contributed by atoms with Crippen molar-refractivity contribution in [1.29, 1.82) is 0 Å². The van der Waals surface area contributed by atoms with E-state index in [4.69, 9.17) is 5.11 Å². The average Bonchev–Trinajstić information content (AvgIpc) is 2.30. The minimum absolute atomic E-state index is 0.0164. The first-order valence-electron chi connectivity index (χ1n) is 5.47. The lowest BCUT2D eigenvalue weighted by molar-refractivity contribution is -0.137. The van der Waals surface area contributed by atoms with E-state index in [9.17, 15) is 13.2 Å². The summed E-state index contributed by atoms with van der Waals surface area (Å²) < 4.78 is 36.9. The molecule has 1 aromatic carbocycles. The molecule has 17 heavy (non-hydrogen) atoms. The number of benzene rings is 1. The van der Waals surface area contributed by atoms with Gasteiger partial charge in [0.2, 0.25) is 0 Å². The number of hydrogen-bond acceptors (Lipinski definition) is 2. The topological polar surface area (TPSA) is 32.3 Å². The Labute approximate surface area is 98.5 Å². The third-order valence-electron chi connectivity index (χ3n) is 2.59. The van der Waals surface area contributed by atoms with Crippen LogP contribution in [0.25, 0.3) is 0 Å². The molecule has 0 saturated heterocycles. The Morgan fingerprint density at radius 2 is 1.82 bits per heavy atom. The first-order valence-corrected chi connectivity index (χ1v) is 5.47. The third-order valence-corrected chi connectivity index (χ3v) is 2.59. The second kappa shape index (κ2) is 6.02. The zero-order valence-corrected chi connectivity index (χ0v) is 9.59. The van der Waals surface area contributed by atoms with Crippen LogP contribution in [0.1, 0.15) is 24.5 Å². The van der Waals surface area contributed by atoms with Gasteiger partial charge < -0.3 is 10.4 Å². The van der Waals surface area contributed by atoms with Crippen molar-refractivity contribution in [3.63, 3.8) is 0 Å². The summed E-state index contributed by atoms with van der Waals surface area (Å²) in [5.74, 6) is 0. The highest BCUT2D eigenvalue weighted by molar-refractivity contribution is 5.24. The van der Waals surface area contributed by atoms with Gasteiger partial charge >= 0.3 is 6.18 Å². The molecular weight excluding hydrogens is 231 g/mol. The molecule has 0 heterocycles. The smallest absolute Gasteiger partial charge is 0.395 e. The second-order valence-electron chi connectivity index (χ2n) is 3.86. The van der Waals surface area contributed by atoms with Gasteiger partial charge in [-0.1, -0.05) is 19.1 Å². The highest BCUT2D eigenvalue weighted by Crippen LogP contribution is 2.28. The number of nitrogens with one attached hydrogen (secondary N) is 1. The molecule has 1 unspecified atom stereocenters. The lowest BCUT2D eigenvalue weighted by atomic mass is 10.1. The van der Waals surface area contributed by atoms with Crippen LogP contribution in [0.3, 0.4) is 0 Å². The zero-order chi connectivity index (χ0) is 12.9. The van der Waals surface area contributed by atoms with Crippen molar-refractivity contribution in [3.8, 4) is 0 Å². The van der Waals surface area contributed by atoms with Crippen molar-refractivity contribution in [1.82, 2.24) is 5.32 Å². The molecule has 0 amide bonds. The molecular formula is C12H16F3NO. The van der Waals surface area contributed by atoms with Gasteiger partial charge in [-0.2, -0.15) is 13.2 Å². The average molecular weight is 247 g/mol. The van der Waals surface area contributed by atoms with E-state index in [1.54, 1.807) is 0 Å². The number of alkyl halides is 3. The summed E-state index contributed by atoms with van der Waals surface area (Å²) >= 11 is 0. The lowest BCUT2D eigenvalue weighted by Gasteiger charge is -2.14. The van der Waals surface area contributed by atoms with Crippen LogP contribution in [-0.2, 0) is 12.7 Å². The predicted octanol–water partition coefficient (Wildman–Crippen LogP) is 2.57. The summed E-state index contributed by atoms with van der Waals surface area (Å²) in [5.41, 5.74) is 0.125. The van der Waals surface area contributed by atoms with E-state index in [1.165, 1.54) is 12.1 Å². The van der Waals surface area contributed by atoms with Crippen LogP contribution in [-0.4, -0.2) is 17.8 Å². The van der Waals surface area contributed by atoms with Crippen LogP contribution in [0.4, 0.5) is 13.2 Å². The largest absolute Gasteiger partial charge is 0.416 e. The summed E-state index contributed by atoms with van der Waals surface area (Å²) in [6, 6.07) is 5.01. The van der Waals surface area contributed by atoms with Gasteiger partial charge in [-0.25, -0.2) is 0 Å². The Morgan fingerprint density at radius 1 is 1.24 bits per heavy atom. The maximum Gasteiger partial charge on any atom is 0.416 e. The minimum atomic E-state index is -4.29. The molecule has 1 rings (SSSR count). The van der Waals surface area contributed by atoms with E-state index >= 15 is 0 Å². The fourth-order valence-electron chi connectivity index (χ4n) is 1.41. The van der Waals surface area contributed by atoms with Crippen LogP contribution in [0.15, 0.2) is 24.3 Å². The molecule has 0 aromatic heterocycles. The van der Waals surface area contributed by atoms with Crippen LogP contribution in [0.5, 0.6) is 0 Å². The molecule has 2 N–H and O–H groups in total. The molecule has 96 valence electrons. The summed E-state index contributed by atoms with van der Waals surface area (Å²) in [6.45, 7) is 2.41. The lowest BCUT2D eigenvalue weighted by Crippen LogP contribution is -2.31. The van der Waals surface area contributed by atoms with Gasteiger partial charge in [-0.05, 0) is 24.1 Å². The number of halogens is 3. The fraction of sp³-hybridized carbons (Fsp3) is 0.500. The summed E-state index contributed by atoms with van der Waals surface area (Å²) in [6.07, 6.45) is -3.51. The standard InChI is InChI=1S/C12H16F3NO/c1-2-11(8-17)16-7-9-3-5-10(6-4-9)12(13,14)15/h3-6,11,16-17H,2,7-8H2,1H3. The molecule has 0 fully saturated rings. The summed E-state index contributed by atoms with van der Waals surface area (Å²) in [5, 5.41) is 12.0. The Bertz CT molecular complexity index is 331. The molecule has 2 nitrogen and oxygen atoms in total. The first-order chi connectivity index (χ1) is 7.97. The predicted molar refractivity (Wildman–Crippen MR) is 59.4 cm³/mol. The Kier molecular flexibility index (Phi) is 4.96. The van der Waals surface area contributed by atoms with Crippen LogP contribution < -0.4 is 5.32 Å². The minimum Gasteiger partial charge on any atom is -0.395 e. The second-order valence-corrected chi connectivity index (χ2v) is 3.86. The van der Waals surface area contributed by atoms with Crippen molar-refractivity contribution in [2.75, 3.05) is 6.61 Å². The van der Waals surface area contributed by atoms with E-state index in [0.29, 0.717) is 6.54 Å². The quantitative estimate of drug-likeness (QED) is 0.838. The van der Waals surface area contributed by atoms with E-state index in [1.807, 2.05) is 6.92 Å². The Balaban J connectivity index is 2.57. The molecule has 1 atom stereocenters. The number of aliphatic hydroxyl groups excluding tert-OH is 1. The van der Waals surface area contributed by atoms with Gasteiger partial charge in [0.15, 0.2) is 0 Å². The molecule has 0 spiro atoms. The van der Waals surface area contributed by atoms with Gasteiger partial charge in [0.1, 0.15) is 0 Å². The van der Waals surface area contributed by atoms with Crippen LogP contribution in [0, 0.1) is 0 Å². The number of rotatable bonds is 5. The first kappa shape index (κ1) is 14.0. The molecule has 5 heteroatoms. The molecule has 0 aliphatic carbocycles. The molecule has 0 saturated carbocycles. The van der Waals surface area contributed by atoms with Crippen molar-refractivity contribution in [2.45, 2.75) is 32.1 Å². The third kappa shape index (κ3) is 4.36. The van der Waals surface area contributed by atoms with Crippen LogP contribution in [0.2, 0.25) is 0 Å². The van der Waals surface area contributed by atoms with Gasteiger partial charge in [0.25, 0.3) is 0 Å². The highest BCUT2D eigenvalue weighted by Gasteiger charge is 2.29.